The van der Waals surface area contributed by atoms with E-state index in [1.807, 2.05) is 32.9 Å². The lowest BCUT2D eigenvalue weighted by Gasteiger charge is -2.15. The van der Waals surface area contributed by atoms with Gasteiger partial charge in [0, 0.05) is 16.2 Å². The molecule has 0 saturated heterocycles. The molecule has 0 saturated carbocycles. The third-order valence-electron chi connectivity index (χ3n) is 2.80. The van der Waals surface area contributed by atoms with Crippen molar-refractivity contribution < 1.29 is 8.60 Å². The number of hydrogen-bond donors (Lipinski definition) is 0. The molecule has 0 bridgehead atoms. The van der Waals surface area contributed by atoms with Crippen LogP contribution in [0.3, 0.4) is 0 Å². The molecule has 116 valence electrons. The number of nitrogens with zero attached hydrogens (tertiary/aromatic N) is 2. The summed E-state index contributed by atoms with van der Waals surface area (Å²) in [6.07, 6.45) is 1.49. The Labute approximate surface area is 140 Å². The first-order chi connectivity index (χ1) is 10.3. The van der Waals surface area contributed by atoms with Crippen molar-refractivity contribution in [2.45, 2.75) is 25.5 Å². The van der Waals surface area contributed by atoms with E-state index in [1.54, 1.807) is 12.1 Å². The summed E-state index contributed by atoms with van der Waals surface area (Å²) in [5.41, 5.74) is 1.06. The largest absolute Gasteiger partial charge is 0.251 e. The predicted octanol–water partition coefficient (Wildman–Crippen LogP) is 4.28. The van der Waals surface area contributed by atoms with Crippen LogP contribution in [0.15, 0.2) is 51.5 Å². The van der Waals surface area contributed by atoms with Gasteiger partial charge in [-0.1, -0.05) is 28.1 Å². The minimum Gasteiger partial charge on any atom is -0.251 e. The molecular weight excluding hydrogens is 367 g/mol. The zero-order chi connectivity index (χ0) is 16.3. The van der Waals surface area contributed by atoms with Gasteiger partial charge in [0.1, 0.15) is 22.4 Å². The Bertz CT molecular complexity index is 724. The van der Waals surface area contributed by atoms with Gasteiger partial charge in [-0.2, -0.15) is 4.40 Å². The molecule has 0 aliphatic rings. The molecule has 0 aliphatic heterocycles. The zero-order valence-corrected chi connectivity index (χ0v) is 14.9. The summed E-state index contributed by atoms with van der Waals surface area (Å²) in [5, 5.41) is 0. The van der Waals surface area contributed by atoms with E-state index in [0.29, 0.717) is 11.3 Å². The summed E-state index contributed by atoms with van der Waals surface area (Å²) in [6, 6.07) is 10.1. The lowest BCUT2D eigenvalue weighted by Crippen LogP contribution is -2.22. The van der Waals surface area contributed by atoms with E-state index in [9.17, 15) is 8.60 Å². The summed E-state index contributed by atoms with van der Waals surface area (Å²) >= 11 is 3.36. The first-order valence-corrected chi connectivity index (χ1v) is 8.56. The molecule has 2 aromatic rings. The van der Waals surface area contributed by atoms with Crippen LogP contribution in [-0.4, -0.2) is 19.7 Å². The molecule has 1 atom stereocenters. The smallest absolute Gasteiger partial charge is 0.151 e. The van der Waals surface area contributed by atoms with Crippen LogP contribution in [0, 0.1) is 5.82 Å². The lowest BCUT2D eigenvalue weighted by molar-refractivity contribution is 0.618. The molecule has 0 amide bonds. The average Bonchev–Trinajstić information content (AvgIpc) is 2.45. The van der Waals surface area contributed by atoms with Gasteiger partial charge in [-0.3, -0.25) is 4.98 Å². The van der Waals surface area contributed by atoms with Crippen LogP contribution >= 0.6 is 15.9 Å². The Morgan fingerprint density at radius 3 is 2.41 bits per heavy atom. The van der Waals surface area contributed by atoms with Gasteiger partial charge in [-0.05, 0) is 45.0 Å². The molecular formula is C16H16BrFN2OS. The fourth-order valence-corrected chi connectivity index (χ4v) is 2.52. The summed E-state index contributed by atoms with van der Waals surface area (Å²) in [4.78, 5) is 4.06. The van der Waals surface area contributed by atoms with Crippen molar-refractivity contribution in [3.05, 3.63) is 64.1 Å². The molecule has 2 rings (SSSR count). The molecule has 0 N–H and O–H groups in total. The number of pyridine rings is 1. The summed E-state index contributed by atoms with van der Waals surface area (Å²) in [6.45, 7) is 5.46. The van der Waals surface area contributed by atoms with Crippen molar-refractivity contribution in [2.75, 3.05) is 0 Å². The van der Waals surface area contributed by atoms with Gasteiger partial charge in [0.05, 0.1) is 4.75 Å². The molecule has 0 radical (unpaired) electrons. The van der Waals surface area contributed by atoms with Crippen LogP contribution in [0.1, 0.15) is 32.0 Å². The maximum atomic E-state index is 14.1. The Kier molecular flexibility index (Phi) is 5.24. The predicted molar refractivity (Wildman–Crippen MR) is 91.9 cm³/mol. The Hall–Kier alpha value is -1.40. The first kappa shape index (κ1) is 17.0. The summed E-state index contributed by atoms with van der Waals surface area (Å²) in [5.74, 6) is -0.491. The highest BCUT2D eigenvalue weighted by Gasteiger charge is 2.22. The Morgan fingerprint density at radius 2 is 1.86 bits per heavy atom. The van der Waals surface area contributed by atoms with Crippen LogP contribution in [0.4, 0.5) is 4.39 Å². The minimum absolute atomic E-state index is 0.0995. The molecule has 1 aromatic carbocycles. The van der Waals surface area contributed by atoms with Gasteiger partial charge in [0.25, 0.3) is 0 Å². The molecule has 3 nitrogen and oxygen atoms in total. The number of halogens is 2. The van der Waals surface area contributed by atoms with Crippen molar-refractivity contribution >= 4 is 32.6 Å². The van der Waals surface area contributed by atoms with Crippen LogP contribution in [0.2, 0.25) is 0 Å². The number of rotatable bonds is 3. The van der Waals surface area contributed by atoms with Gasteiger partial charge in [-0.15, -0.1) is 0 Å². The van der Waals surface area contributed by atoms with Gasteiger partial charge in [0.15, 0.2) is 5.82 Å². The maximum Gasteiger partial charge on any atom is 0.151 e. The fraction of sp³-hybridized carbons (Fsp3) is 0.250. The van der Waals surface area contributed by atoms with E-state index in [4.69, 9.17) is 0 Å². The SMILES string of the molecule is CC(C)(C)S(=O)N=C(c1ccc(Br)cc1)c1ncccc1F. The highest BCUT2D eigenvalue weighted by molar-refractivity contribution is 9.10. The summed E-state index contributed by atoms with van der Waals surface area (Å²) in [7, 11) is -1.51. The minimum atomic E-state index is -1.51. The highest BCUT2D eigenvalue weighted by atomic mass is 79.9. The number of hydrogen-bond acceptors (Lipinski definition) is 2. The second kappa shape index (κ2) is 6.79. The van der Waals surface area contributed by atoms with Crippen molar-refractivity contribution in [3.8, 4) is 0 Å². The molecule has 22 heavy (non-hydrogen) atoms. The Morgan fingerprint density at radius 1 is 1.23 bits per heavy atom. The van der Waals surface area contributed by atoms with E-state index < -0.39 is 21.5 Å². The molecule has 6 heteroatoms. The molecule has 1 heterocycles. The van der Waals surface area contributed by atoms with E-state index >= 15 is 0 Å². The fourth-order valence-electron chi connectivity index (χ4n) is 1.62. The topological polar surface area (TPSA) is 42.3 Å². The van der Waals surface area contributed by atoms with Gasteiger partial charge < -0.3 is 0 Å². The van der Waals surface area contributed by atoms with Crippen LogP contribution in [-0.2, 0) is 11.0 Å². The van der Waals surface area contributed by atoms with E-state index in [-0.39, 0.29) is 5.69 Å². The van der Waals surface area contributed by atoms with Gasteiger partial charge >= 0.3 is 0 Å². The van der Waals surface area contributed by atoms with E-state index in [1.165, 1.54) is 18.3 Å². The van der Waals surface area contributed by atoms with Crippen molar-refractivity contribution in [3.63, 3.8) is 0 Å². The second-order valence-corrected chi connectivity index (χ2v) is 8.46. The molecule has 0 fully saturated rings. The van der Waals surface area contributed by atoms with E-state index in [2.05, 4.69) is 25.3 Å². The molecule has 1 aromatic heterocycles. The maximum absolute atomic E-state index is 14.1. The third kappa shape index (κ3) is 4.08. The third-order valence-corrected chi connectivity index (χ3v) is 4.72. The summed E-state index contributed by atoms with van der Waals surface area (Å²) < 4.78 is 31.1. The van der Waals surface area contributed by atoms with Crippen LogP contribution in [0.5, 0.6) is 0 Å². The zero-order valence-electron chi connectivity index (χ0n) is 12.5. The standard InChI is InChI=1S/C16H16BrFN2OS/c1-16(2,3)22(21)20-14(11-6-8-12(17)9-7-11)15-13(18)5-4-10-19-15/h4-10H,1-3H3. The normalized spacial score (nSPS) is 14.0. The first-order valence-electron chi connectivity index (χ1n) is 6.66. The molecule has 0 aliphatic carbocycles. The second-order valence-electron chi connectivity index (χ2n) is 5.64. The van der Waals surface area contributed by atoms with Gasteiger partial charge in [-0.25, -0.2) is 8.60 Å². The number of benzene rings is 1. The molecule has 1 unspecified atom stereocenters. The monoisotopic (exact) mass is 382 g/mol. The highest BCUT2D eigenvalue weighted by Crippen LogP contribution is 2.19. The van der Waals surface area contributed by atoms with Crippen molar-refractivity contribution in [1.82, 2.24) is 4.98 Å². The molecule has 0 spiro atoms. The lowest BCUT2D eigenvalue weighted by atomic mass is 10.1. The van der Waals surface area contributed by atoms with Crippen LogP contribution in [0.25, 0.3) is 0 Å². The Balaban J connectivity index is 2.60. The average molecular weight is 383 g/mol. The quantitative estimate of drug-likeness (QED) is 0.743. The van der Waals surface area contributed by atoms with Gasteiger partial charge in [0.2, 0.25) is 0 Å². The number of aromatic nitrogens is 1. The van der Waals surface area contributed by atoms with Crippen molar-refractivity contribution in [1.29, 1.82) is 0 Å². The van der Waals surface area contributed by atoms with Crippen LogP contribution < -0.4 is 0 Å². The van der Waals surface area contributed by atoms with E-state index in [0.717, 1.165) is 4.47 Å². The van der Waals surface area contributed by atoms with Crippen molar-refractivity contribution in [2.24, 2.45) is 4.40 Å².